The number of carbonyl (C=O) groups excluding carboxylic acids is 5. The molecule has 2 unspecified atom stereocenters. The quantitative estimate of drug-likeness (QED) is 0.132. The molecule has 0 aromatic heterocycles. The van der Waals surface area contributed by atoms with Gasteiger partial charge in [0.25, 0.3) is 0 Å². The summed E-state index contributed by atoms with van der Waals surface area (Å²) >= 11 is 12.0. The van der Waals surface area contributed by atoms with Gasteiger partial charge >= 0.3 is 17.9 Å². The topological polar surface area (TPSA) is 196 Å². The summed E-state index contributed by atoms with van der Waals surface area (Å²) in [7, 11) is 2.27. The fourth-order valence-electron chi connectivity index (χ4n) is 4.01. The van der Waals surface area contributed by atoms with Crippen LogP contribution in [0, 0.1) is 0 Å². The van der Waals surface area contributed by atoms with Crippen LogP contribution in [0.25, 0.3) is 6.08 Å². The lowest BCUT2D eigenvalue weighted by Gasteiger charge is -2.44. The number of hydrogen-bond donors (Lipinski definition) is 4. The average Bonchev–Trinajstić information content (AvgIpc) is 2.96. The number of methoxy groups -OCH3 is 2. The van der Waals surface area contributed by atoms with Gasteiger partial charge in [0, 0.05) is 29.5 Å². The van der Waals surface area contributed by atoms with E-state index in [1.54, 1.807) is 12.1 Å². The van der Waals surface area contributed by atoms with Crippen molar-refractivity contribution in [2.75, 3.05) is 20.8 Å². The summed E-state index contributed by atoms with van der Waals surface area (Å²) < 4.78 is 26.0. The maximum atomic E-state index is 13.0. The van der Waals surface area contributed by atoms with Gasteiger partial charge in [-0.3, -0.25) is 14.4 Å². The van der Waals surface area contributed by atoms with Crippen molar-refractivity contribution in [2.45, 2.75) is 69.5 Å². The second-order valence-electron chi connectivity index (χ2n) is 9.32. The highest BCUT2D eigenvalue weighted by atomic mass is 35.5. The number of esters is 3. The summed E-state index contributed by atoms with van der Waals surface area (Å²) in [4.78, 5) is 61.4. The third-order valence-electron chi connectivity index (χ3n) is 6.21. The van der Waals surface area contributed by atoms with Crippen LogP contribution in [0.2, 0.25) is 10.0 Å². The van der Waals surface area contributed by atoms with Crippen LogP contribution in [0.5, 0.6) is 0 Å². The Bertz CT molecular complexity index is 1200. The lowest BCUT2D eigenvalue weighted by Crippen LogP contribution is -2.66. The minimum absolute atomic E-state index is 0.133. The van der Waals surface area contributed by atoms with E-state index in [1.165, 1.54) is 26.2 Å². The van der Waals surface area contributed by atoms with E-state index in [-0.39, 0.29) is 17.9 Å². The molecule has 1 aromatic carbocycles. The lowest BCUT2D eigenvalue weighted by molar-refractivity contribution is -0.272. The fraction of sp³-hybridized carbons (Fsp3) is 0.519. The molecule has 0 saturated carbocycles. The Balaban J connectivity index is 2.24. The average molecular weight is 649 g/mol. The van der Waals surface area contributed by atoms with Gasteiger partial charge in [-0.25, -0.2) is 9.59 Å². The summed E-state index contributed by atoms with van der Waals surface area (Å²) in [6.07, 6.45) is -5.29. The van der Waals surface area contributed by atoms with E-state index in [2.05, 4.69) is 20.1 Å². The van der Waals surface area contributed by atoms with E-state index < -0.39 is 79.1 Å². The molecule has 43 heavy (non-hydrogen) atoms. The fourth-order valence-corrected chi connectivity index (χ4v) is 4.48. The van der Waals surface area contributed by atoms with Gasteiger partial charge in [-0.1, -0.05) is 29.3 Å². The largest absolute Gasteiger partial charge is 0.469 e. The molecule has 0 spiro atoms. The van der Waals surface area contributed by atoms with Gasteiger partial charge in [-0.05, 0) is 37.1 Å². The van der Waals surface area contributed by atoms with E-state index >= 15 is 0 Å². The molecule has 14 nitrogen and oxygen atoms in total. The van der Waals surface area contributed by atoms with Crippen molar-refractivity contribution in [1.29, 1.82) is 0 Å². The number of hydrogen-bond acceptors (Lipinski definition) is 12. The van der Waals surface area contributed by atoms with Crippen molar-refractivity contribution in [2.24, 2.45) is 0 Å². The van der Waals surface area contributed by atoms with Crippen LogP contribution in [0.15, 0.2) is 24.3 Å². The Morgan fingerprint density at radius 3 is 2.42 bits per heavy atom. The molecular formula is C27H34Cl2N2O12. The van der Waals surface area contributed by atoms with Crippen LogP contribution in [0.3, 0.4) is 0 Å². The summed E-state index contributed by atoms with van der Waals surface area (Å²) in [5.74, 6) is -3.83. The molecule has 238 valence electrons. The highest BCUT2D eigenvalue weighted by Gasteiger charge is 2.49. The zero-order valence-electron chi connectivity index (χ0n) is 23.8. The molecule has 1 heterocycles. The van der Waals surface area contributed by atoms with Gasteiger partial charge < -0.3 is 44.5 Å². The number of amides is 2. The van der Waals surface area contributed by atoms with Crippen molar-refractivity contribution in [3.05, 3.63) is 39.9 Å². The second-order valence-corrected chi connectivity index (χ2v) is 10.2. The maximum Gasteiger partial charge on any atom is 0.333 e. The van der Waals surface area contributed by atoms with Gasteiger partial charge in [0.05, 0.1) is 20.8 Å². The Morgan fingerprint density at radius 2 is 1.84 bits per heavy atom. The first-order valence-corrected chi connectivity index (χ1v) is 13.7. The first-order chi connectivity index (χ1) is 20.3. The lowest BCUT2D eigenvalue weighted by atomic mass is 9.96. The van der Waals surface area contributed by atoms with Gasteiger partial charge in [0.2, 0.25) is 18.1 Å². The first-order valence-electron chi connectivity index (χ1n) is 13.0. The SMILES string of the molecule is COC(=O)CCC(NC(=O)[C@@H](C)O[C@H]1[C@H](O)[C@@H](CO)OC(OC(=O)/C=C/c2ccc(Cl)cc2Cl)[C@@H]1NC(C)=O)C(=O)OC. The molecule has 7 atom stereocenters. The molecule has 4 N–H and O–H groups in total. The van der Waals surface area contributed by atoms with E-state index in [0.29, 0.717) is 10.6 Å². The highest BCUT2D eigenvalue weighted by molar-refractivity contribution is 6.35. The third kappa shape index (κ3) is 10.7. The molecule has 2 rings (SSSR count). The number of rotatable bonds is 13. The van der Waals surface area contributed by atoms with E-state index in [4.69, 9.17) is 37.4 Å². The highest BCUT2D eigenvalue weighted by Crippen LogP contribution is 2.27. The van der Waals surface area contributed by atoms with Crippen molar-refractivity contribution < 1.29 is 57.9 Å². The number of nitrogens with one attached hydrogen (secondary N) is 2. The molecule has 1 aromatic rings. The molecule has 2 amide bonds. The van der Waals surface area contributed by atoms with Crippen LogP contribution in [0.1, 0.15) is 32.3 Å². The van der Waals surface area contributed by atoms with Crippen molar-refractivity contribution >= 4 is 59.0 Å². The molecule has 1 saturated heterocycles. The normalized spacial score (nSPS) is 23.1. The Labute approximate surface area is 257 Å². The van der Waals surface area contributed by atoms with Crippen LogP contribution in [-0.2, 0) is 47.7 Å². The Morgan fingerprint density at radius 1 is 1.14 bits per heavy atom. The number of aliphatic hydroxyl groups is 2. The molecule has 1 aliphatic heterocycles. The Hall–Kier alpha value is -3.27. The predicted molar refractivity (Wildman–Crippen MR) is 150 cm³/mol. The van der Waals surface area contributed by atoms with Crippen LogP contribution < -0.4 is 10.6 Å². The summed E-state index contributed by atoms with van der Waals surface area (Å²) in [5, 5.41) is 26.2. The van der Waals surface area contributed by atoms with Gasteiger partial charge in [0.1, 0.15) is 36.5 Å². The van der Waals surface area contributed by atoms with Crippen LogP contribution in [-0.4, -0.2) is 104 Å². The number of aliphatic hydroxyl groups excluding tert-OH is 2. The Kier molecular flexibility index (Phi) is 14.3. The van der Waals surface area contributed by atoms with Gasteiger partial charge in [-0.15, -0.1) is 0 Å². The van der Waals surface area contributed by atoms with Gasteiger partial charge in [0.15, 0.2) is 0 Å². The smallest absolute Gasteiger partial charge is 0.333 e. The molecule has 0 aliphatic carbocycles. The number of ether oxygens (including phenoxy) is 5. The maximum absolute atomic E-state index is 13.0. The monoisotopic (exact) mass is 648 g/mol. The number of carbonyl (C=O) groups is 5. The molecule has 0 radical (unpaired) electrons. The van der Waals surface area contributed by atoms with E-state index in [0.717, 1.165) is 20.1 Å². The minimum atomic E-state index is -1.61. The molecular weight excluding hydrogens is 615 g/mol. The zero-order valence-corrected chi connectivity index (χ0v) is 25.3. The van der Waals surface area contributed by atoms with Crippen molar-refractivity contribution in [3.63, 3.8) is 0 Å². The minimum Gasteiger partial charge on any atom is -0.469 e. The molecule has 1 aliphatic rings. The summed E-state index contributed by atoms with van der Waals surface area (Å²) in [5.41, 5.74) is 0.451. The van der Waals surface area contributed by atoms with Crippen molar-refractivity contribution in [1.82, 2.24) is 10.6 Å². The van der Waals surface area contributed by atoms with Gasteiger partial charge in [-0.2, -0.15) is 0 Å². The van der Waals surface area contributed by atoms with Crippen molar-refractivity contribution in [3.8, 4) is 0 Å². The number of benzene rings is 1. The molecule has 0 bridgehead atoms. The van der Waals surface area contributed by atoms with Crippen LogP contribution >= 0.6 is 23.2 Å². The van der Waals surface area contributed by atoms with E-state index in [9.17, 15) is 34.2 Å². The standard InChI is InChI=1S/C27H34Cl2N2O12/c1-13(25(37)31-18(26(38)40-4)8-10-20(34)39-3)41-24-22(30-14(2)33)27(42-19(12-32)23(24)36)43-21(35)9-6-15-5-7-16(28)11-17(15)29/h5-7,9,11,13,18-19,22-24,27,32,36H,8,10,12H2,1-4H3,(H,30,33)(H,31,37)/b9-6+/t13-,18?,19-,22-,23-,24-,27?/m1/s1. The summed E-state index contributed by atoms with van der Waals surface area (Å²) in [6.45, 7) is 1.71. The second kappa shape index (κ2) is 17.1. The molecule has 16 heteroatoms. The third-order valence-corrected chi connectivity index (χ3v) is 6.78. The predicted octanol–water partition coefficient (Wildman–Crippen LogP) is 0.517. The van der Waals surface area contributed by atoms with E-state index in [1.807, 2.05) is 0 Å². The molecule has 1 fully saturated rings. The van der Waals surface area contributed by atoms with Crippen LogP contribution in [0.4, 0.5) is 0 Å². The first kappa shape index (κ1) is 35.9. The zero-order chi connectivity index (χ0) is 32.3. The summed E-state index contributed by atoms with van der Waals surface area (Å²) in [6, 6.07) is 2.03. The number of halogens is 2.